The van der Waals surface area contributed by atoms with Crippen LogP contribution in [0.2, 0.25) is 0 Å². The van der Waals surface area contributed by atoms with Gasteiger partial charge in [0.05, 0.1) is 5.56 Å². The van der Waals surface area contributed by atoms with E-state index in [9.17, 15) is 9.59 Å². The van der Waals surface area contributed by atoms with Crippen LogP contribution < -0.4 is 10.6 Å². The Balaban J connectivity index is 1.92. The number of rotatable bonds is 5. The number of anilines is 1. The molecule has 2 atom stereocenters. The topological polar surface area (TPSA) is 78.4 Å². The number of benzene rings is 1. The van der Waals surface area contributed by atoms with E-state index in [1.807, 2.05) is 11.8 Å². The number of nitrogens with one attached hydrogen (secondary N) is 2. The summed E-state index contributed by atoms with van der Waals surface area (Å²) in [5, 5.41) is 15.1. The van der Waals surface area contributed by atoms with E-state index in [1.165, 1.54) is 12.1 Å². The molecule has 1 aromatic rings. The molecule has 0 saturated heterocycles. The van der Waals surface area contributed by atoms with Crippen molar-refractivity contribution in [1.82, 2.24) is 5.32 Å². The Morgan fingerprint density at radius 1 is 1.38 bits per heavy atom. The number of hydrogen-bond donors (Lipinski definition) is 3. The first kappa shape index (κ1) is 15.7. The van der Waals surface area contributed by atoms with Gasteiger partial charge >= 0.3 is 12.0 Å². The number of hydrogen-bond acceptors (Lipinski definition) is 3. The molecular formula is C15H20N2O3S. The number of aromatic carboxylic acids is 1. The Bertz CT molecular complexity index is 521. The van der Waals surface area contributed by atoms with E-state index in [4.69, 9.17) is 5.11 Å². The van der Waals surface area contributed by atoms with Gasteiger partial charge in [0.1, 0.15) is 0 Å². The number of urea groups is 1. The number of carbonyl (C=O) groups is 2. The molecule has 3 N–H and O–H groups in total. The molecule has 2 unspecified atom stereocenters. The van der Waals surface area contributed by atoms with E-state index in [0.29, 0.717) is 10.9 Å². The summed E-state index contributed by atoms with van der Waals surface area (Å²) in [6.45, 7) is 2.12. The van der Waals surface area contributed by atoms with Gasteiger partial charge in [-0.1, -0.05) is 19.4 Å². The third-order valence-corrected chi connectivity index (χ3v) is 4.84. The Morgan fingerprint density at radius 2 is 2.19 bits per heavy atom. The maximum Gasteiger partial charge on any atom is 0.335 e. The fraction of sp³-hybridized carbons (Fsp3) is 0.467. The molecular weight excluding hydrogens is 288 g/mol. The van der Waals surface area contributed by atoms with Gasteiger partial charge in [0.25, 0.3) is 0 Å². The summed E-state index contributed by atoms with van der Waals surface area (Å²) >= 11 is 1.88. The average molecular weight is 308 g/mol. The fourth-order valence-corrected chi connectivity index (χ4v) is 3.77. The fourth-order valence-electron chi connectivity index (χ4n) is 2.57. The Kier molecular flexibility index (Phi) is 5.50. The van der Waals surface area contributed by atoms with Crippen LogP contribution in [0.5, 0.6) is 0 Å². The highest BCUT2D eigenvalue weighted by atomic mass is 32.2. The molecule has 0 heterocycles. The monoisotopic (exact) mass is 308 g/mol. The third kappa shape index (κ3) is 4.39. The normalized spacial score (nSPS) is 21.0. The Hall–Kier alpha value is -1.69. The largest absolute Gasteiger partial charge is 0.478 e. The molecule has 21 heavy (non-hydrogen) atoms. The average Bonchev–Trinajstić information content (AvgIpc) is 2.86. The summed E-state index contributed by atoms with van der Waals surface area (Å²) in [6, 6.07) is 6.16. The van der Waals surface area contributed by atoms with Crippen molar-refractivity contribution in [3.63, 3.8) is 0 Å². The highest BCUT2D eigenvalue weighted by Gasteiger charge is 2.28. The summed E-state index contributed by atoms with van der Waals surface area (Å²) in [7, 11) is 0. The Morgan fingerprint density at radius 3 is 2.90 bits per heavy atom. The summed E-state index contributed by atoms with van der Waals surface area (Å²) in [4.78, 5) is 22.9. The second kappa shape index (κ2) is 7.36. The van der Waals surface area contributed by atoms with Crippen LogP contribution in [0.25, 0.3) is 0 Å². The van der Waals surface area contributed by atoms with Gasteiger partial charge in [-0.25, -0.2) is 9.59 Å². The first-order valence-electron chi connectivity index (χ1n) is 7.12. The molecule has 1 saturated carbocycles. The molecule has 2 rings (SSSR count). The zero-order valence-corrected chi connectivity index (χ0v) is 12.8. The minimum atomic E-state index is -1.01. The number of amides is 2. The number of carboxylic acids is 1. The van der Waals surface area contributed by atoms with Crippen LogP contribution in [0.1, 0.15) is 36.5 Å². The third-order valence-electron chi connectivity index (χ3n) is 3.52. The zero-order valence-electron chi connectivity index (χ0n) is 12.0. The quantitative estimate of drug-likeness (QED) is 0.780. The van der Waals surface area contributed by atoms with Gasteiger partial charge in [-0.05, 0) is 36.8 Å². The van der Waals surface area contributed by atoms with E-state index in [1.54, 1.807) is 12.1 Å². The SMILES string of the molecule is CCSC1CCCC1NC(=O)Nc1cccc(C(=O)O)c1. The van der Waals surface area contributed by atoms with E-state index in [-0.39, 0.29) is 17.6 Å². The van der Waals surface area contributed by atoms with Crippen LogP contribution in [0.4, 0.5) is 10.5 Å². The molecule has 1 aromatic carbocycles. The predicted molar refractivity (Wildman–Crippen MR) is 85.1 cm³/mol. The van der Waals surface area contributed by atoms with Gasteiger partial charge in [-0.15, -0.1) is 0 Å². The Labute approximate surface area is 128 Å². The molecule has 1 aliphatic rings. The van der Waals surface area contributed by atoms with Crippen LogP contribution in [0.15, 0.2) is 24.3 Å². The number of carbonyl (C=O) groups excluding carboxylic acids is 1. The van der Waals surface area contributed by atoms with Crippen molar-refractivity contribution >= 4 is 29.4 Å². The van der Waals surface area contributed by atoms with Crippen molar-refractivity contribution in [2.24, 2.45) is 0 Å². The van der Waals surface area contributed by atoms with E-state index in [2.05, 4.69) is 17.6 Å². The minimum Gasteiger partial charge on any atom is -0.478 e. The highest BCUT2D eigenvalue weighted by Crippen LogP contribution is 2.29. The maximum atomic E-state index is 12.0. The van der Waals surface area contributed by atoms with Crippen LogP contribution >= 0.6 is 11.8 Å². The van der Waals surface area contributed by atoms with Crippen molar-refractivity contribution < 1.29 is 14.7 Å². The van der Waals surface area contributed by atoms with Crippen molar-refractivity contribution in [3.05, 3.63) is 29.8 Å². The van der Waals surface area contributed by atoms with Gasteiger partial charge in [0, 0.05) is 17.0 Å². The van der Waals surface area contributed by atoms with E-state index >= 15 is 0 Å². The van der Waals surface area contributed by atoms with Gasteiger partial charge < -0.3 is 15.7 Å². The summed E-state index contributed by atoms with van der Waals surface area (Å²) in [5.41, 5.74) is 0.651. The zero-order chi connectivity index (χ0) is 15.2. The summed E-state index contributed by atoms with van der Waals surface area (Å²) in [5.74, 6) is 0.0414. The van der Waals surface area contributed by atoms with Crippen LogP contribution in [-0.4, -0.2) is 34.2 Å². The van der Waals surface area contributed by atoms with Crippen molar-refractivity contribution in [2.45, 2.75) is 37.5 Å². The lowest BCUT2D eigenvalue weighted by molar-refractivity contribution is 0.0697. The van der Waals surface area contributed by atoms with Gasteiger partial charge in [-0.2, -0.15) is 11.8 Å². The first-order valence-corrected chi connectivity index (χ1v) is 8.17. The second-order valence-electron chi connectivity index (χ2n) is 5.02. The van der Waals surface area contributed by atoms with Crippen molar-refractivity contribution in [1.29, 1.82) is 0 Å². The molecule has 2 amide bonds. The van der Waals surface area contributed by atoms with Crippen LogP contribution in [0.3, 0.4) is 0 Å². The highest BCUT2D eigenvalue weighted by molar-refractivity contribution is 7.99. The number of thioether (sulfide) groups is 1. The molecule has 1 aliphatic carbocycles. The van der Waals surface area contributed by atoms with Gasteiger partial charge in [0.2, 0.25) is 0 Å². The smallest absolute Gasteiger partial charge is 0.335 e. The van der Waals surface area contributed by atoms with Crippen molar-refractivity contribution in [3.8, 4) is 0 Å². The summed E-state index contributed by atoms with van der Waals surface area (Å²) < 4.78 is 0. The van der Waals surface area contributed by atoms with Crippen LogP contribution in [-0.2, 0) is 0 Å². The molecule has 0 aromatic heterocycles. The molecule has 114 valence electrons. The number of carboxylic acid groups (broad SMARTS) is 1. The van der Waals surface area contributed by atoms with E-state index < -0.39 is 5.97 Å². The maximum absolute atomic E-state index is 12.0. The molecule has 0 bridgehead atoms. The molecule has 5 nitrogen and oxygen atoms in total. The standard InChI is InChI=1S/C15H20N2O3S/c1-2-21-13-8-4-7-12(13)17-15(20)16-11-6-3-5-10(9-11)14(18)19/h3,5-6,9,12-13H,2,4,7-8H2,1H3,(H,18,19)(H2,16,17,20). The molecule has 0 spiro atoms. The second-order valence-corrected chi connectivity index (χ2v) is 6.53. The predicted octanol–water partition coefficient (Wildman–Crippen LogP) is 3.18. The molecule has 1 fully saturated rings. The lowest BCUT2D eigenvalue weighted by Gasteiger charge is -2.20. The molecule has 0 aliphatic heterocycles. The minimum absolute atomic E-state index is 0.160. The van der Waals surface area contributed by atoms with Crippen LogP contribution in [0, 0.1) is 0 Å². The van der Waals surface area contributed by atoms with E-state index in [0.717, 1.165) is 25.0 Å². The first-order chi connectivity index (χ1) is 10.1. The lowest BCUT2D eigenvalue weighted by Crippen LogP contribution is -2.41. The van der Waals surface area contributed by atoms with Crippen molar-refractivity contribution in [2.75, 3.05) is 11.1 Å². The van der Waals surface area contributed by atoms with Gasteiger partial charge in [-0.3, -0.25) is 0 Å². The summed E-state index contributed by atoms with van der Waals surface area (Å²) in [6.07, 6.45) is 3.27. The molecule has 0 radical (unpaired) electrons. The van der Waals surface area contributed by atoms with Gasteiger partial charge in [0.15, 0.2) is 0 Å². The lowest BCUT2D eigenvalue weighted by atomic mass is 10.2. The molecule has 6 heteroatoms.